The number of phenolic OH excluding ortho intramolecular Hbond substituents is 1. The average Bonchev–Trinajstić information content (AvgIpc) is 2.66. The summed E-state index contributed by atoms with van der Waals surface area (Å²) in [7, 11) is 0. The number of hydrogen-bond donors (Lipinski definition) is 2. The van der Waals surface area contributed by atoms with Crippen LogP contribution < -0.4 is 5.32 Å². The predicted octanol–water partition coefficient (Wildman–Crippen LogP) is 1.96. The molecule has 1 saturated heterocycles. The number of hydrogen-bond acceptors (Lipinski definition) is 2. The molecule has 0 aromatic heterocycles. The SMILES string of the molecule is Oc1c(F)cc(F)cc1CC1CCCN1. The second-order valence-corrected chi connectivity index (χ2v) is 3.89. The van der Waals surface area contributed by atoms with Crippen LogP contribution in [0.4, 0.5) is 8.78 Å². The summed E-state index contributed by atoms with van der Waals surface area (Å²) in [6.45, 7) is 0.934. The molecular weight excluding hydrogens is 200 g/mol. The van der Waals surface area contributed by atoms with E-state index < -0.39 is 17.4 Å². The molecule has 0 saturated carbocycles. The zero-order valence-electron chi connectivity index (χ0n) is 8.26. The summed E-state index contributed by atoms with van der Waals surface area (Å²) in [5.74, 6) is -1.95. The smallest absolute Gasteiger partial charge is 0.168 e. The van der Waals surface area contributed by atoms with Crippen LogP contribution in [0.1, 0.15) is 18.4 Å². The molecule has 1 aliphatic heterocycles. The Hall–Kier alpha value is -1.16. The fourth-order valence-electron chi connectivity index (χ4n) is 1.97. The maximum absolute atomic E-state index is 13.0. The van der Waals surface area contributed by atoms with Gasteiger partial charge in [-0.1, -0.05) is 0 Å². The van der Waals surface area contributed by atoms with Gasteiger partial charge in [0.25, 0.3) is 0 Å². The zero-order valence-corrected chi connectivity index (χ0v) is 8.26. The van der Waals surface area contributed by atoms with Crippen LogP contribution >= 0.6 is 0 Å². The summed E-state index contributed by atoms with van der Waals surface area (Å²) in [5.41, 5.74) is 0.340. The molecule has 0 amide bonds. The van der Waals surface area contributed by atoms with E-state index in [-0.39, 0.29) is 6.04 Å². The lowest BCUT2D eigenvalue weighted by Crippen LogP contribution is -2.23. The molecule has 2 nitrogen and oxygen atoms in total. The Balaban J connectivity index is 2.19. The molecule has 1 unspecified atom stereocenters. The standard InChI is InChI=1S/C11H13F2NO/c12-8-4-7(11(15)10(13)6-8)5-9-2-1-3-14-9/h4,6,9,14-15H,1-3,5H2. The summed E-state index contributed by atoms with van der Waals surface area (Å²) < 4.78 is 25.9. The Morgan fingerprint density at radius 3 is 2.87 bits per heavy atom. The molecule has 0 spiro atoms. The predicted molar refractivity (Wildman–Crippen MR) is 52.8 cm³/mol. The number of phenols is 1. The first kappa shape index (κ1) is 10.4. The lowest BCUT2D eigenvalue weighted by atomic mass is 10.0. The minimum atomic E-state index is -0.886. The van der Waals surface area contributed by atoms with Gasteiger partial charge in [0.2, 0.25) is 0 Å². The Morgan fingerprint density at radius 1 is 1.40 bits per heavy atom. The first-order chi connectivity index (χ1) is 7.16. The van der Waals surface area contributed by atoms with Gasteiger partial charge >= 0.3 is 0 Å². The van der Waals surface area contributed by atoms with E-state index in [1.807, 2.05) is 0 Å². The van der Waals surface area contributed by atoms with Gasteiger partial charge in [-0.15, -0.1) is 0 Å². The monoisotopic (exact) mass is 213 g/mol. The topological polar surface area (TPSA) is 32.3 Å². The molecule has 0 bridgehead atoms. The molecule has 4 heteroatoms. The Kier molecular flexibility index (Phi) is 2.86. The van der Waals surface area contributed by atoms with Crippen LogP contribution in [0.5, 0.6) is 5.75 Å². The van der Waals surface area contributed by atoms with Gasteiger partial charge in [-0.05, 0) is 31.9 Å². The van der Waals surface area contributed by atoms with E-state index in [1.54, 1.807) is 0 Å². The Labute approximate surface area is 86.9 Å². The van der Waals surface area contributed by atoms with Crippen molar-refractivity contribution in [3.63, 3.8) is 0 Å². The van der Waals surface area contributed by atoms with Crippen LogP contribution in [0, 0.1) is 11.6 Å². The van der Waals surface area contributed by atoms with Crippen molar-refractivity contribution in [1.82, 2.24) is 5.32 Å². The number of rotatable bonds is 2. The maximum atomic E-state index is 13.0. The summed E-state index contributed by atoms with van der Waals surface area (Å²) in [5, 5.41) is 12.6. The first-order valence-corrected chi connectivity index (χ1v) is 5.07. The van der Waals surface area contributed by atoms with Gasteiger partial charge in [0.1, 0.15) is 5.82 Å². The van der Waals surface area contributed by atoms with Gasteiger partial charge in [0.15, 0.2) is 11.6 Å². The maximum Gasteiger partial charge on any atom is 0.168 e. The van der Waals surface area contributed by atoms with E-state index >= 15 is 0 Å². The molecule has 1 aliphatic rings. The van der Waals surface area contributed by atoms with E-state index in [2.05, 4.69) is 5.32 Å². The molecule has 1 heterocycles. The summed E-state index contributed by atoms with van der Waals surface area (Å²) in [4.78, 5) is 0. The first-order valence-electron chi connectivity index (χ1n) is 5.07. The van der Waals surface area contributed by atoms with Crippen molar-refractivity contribution >= 4 is 0 Å². The third-order valence-corrected chi connectivity index (χ3v) is 2.74. The molecule has 0 radical (unpaired) electrons. The molecule has 82 valence electrons. The van der Waals surface area contributed by atoms with Crippen molar-refractivity contribution in [2.24, 2.45) is 0 Å². The number of nitrogens with one attached hydrogen (secondary N) is 1. The Morgan fingerprint density at radius 2 is 2.20 bits per heavy atom. The fraction of sp³-hybridized carbons (Fsp3) is 0.455. The van der Waals surface area contributed by atoms with E-state index in [1.165, 1.54) is 6.07 Å². The molecular formula is C11H13F2NO. The van der Waals surface area contributed by atoms with E-state index in [9.17, 15) is 13.9 Å². The lowest BCUT2D eigenvalue weighted by molar-refractivity contribution is 0.417. The van der Waals surface area contributed by atoms with Crippen LogP contribution in [-0.4, -0.2) is 17.7 Å². The van der Waals surface area contributed by atoms with Crippen LogP contribution in [-0.2, 0) is 6.42 Å². The molecule has 2 N–H and O–H groups in total. The van der Waals surface area contributed by atoms with Crippen molar-refractivity contribution in [3.05, 3.63) is 29.3 Å². The second kappa shape index (κ2) is 4.14. The highest BCUT2D eigenvalue weighted by atomic mass is 19.1. The van der Waals surface area contributed by atoms with Crippen LogP contribution in [0.2, 0.25) is 0 Å². The van der Waals surface area contributed by atoms with Gasteiger partial charge in [0, 0.05) is 17.7 Å². The van der Waals surface area contributed by atoms with Crippen molar-refractivity contribution in [3.8, 4) is 5.75 Å². The minimum absolute atomic E-state index is 0.220. The van der Waals surface area contributed by atoms with Crippen LogP contribution in [0.15, 0.2) is 12.1 Å². The van der Waals surface area contributed by atoms with Gasteiger partial charge in [-0.25, -0.2) is 8.78 Å². The van der Waals surface area contributed by atoms with Crippen LogP contribution in [0.3, 0.4) is 0 Å². The van der Waals surface area contributed by atoms with Crippen LogP contribution in [0.25, 0.3) is 0 Å². The van der Waals surface area contributed by atoms with Gasteiger partial charge < -0.3 is 10.4 Å². The number of aromatic hydroxyl groups is 1. The van der Waals surface area contributed by atoms with Crippen molar-refractivity contribution < 1.29 is 13.9 Å². The highest BCUT2D eigenvalue weighted by molar-refractivity contribution is 5.35. The molecule has 2 rings (SSSR count). The van der Waals surface area contributed by atoms with Crippen molar-refractivity contribution in [2.45, 2.75) is 25.3 Å². The molecule has 1 atom stereocenters. The van der Waals surface area contributed by atoms with Crippen molar-refractivity contribution in [2.75, 3.05) is 6.54 Å². The third-order valence-electron chi connectivity index (χ3n) is 2.74. The normalized spacial score (nSPS) is 20.8. The van der Waals surface area contributed by atoms with Gasteiger partial charge in [-0.2, -0.15) is 0 Å². The highest BCUT2D eigenvalue weighted by Gasteiger charge is 2.18. The molecule has 1 fully saturated rings. The lowest BCUT2D eigenvalue weighted by Gasteiger charge is -2.11. The largest absolute Gasteiger partial charge is 0.505 e. The molecule has 1 aromatic rings. The zero-order chi connectivity index (χ0) is 10.8. The third kappa shape index (κ3) is 2.26. The molecule has 1 aromatic carbocycles. The quantitative estimate of drug-likeness (QED) is 0.787. The van der Waals surface area contributed by atoms with Gasteiger partial charge in [0.05, 0.1) is 0 Å². The summed E-state index contributed by atoms with van der Waals surface area (Å²) >= 11 is 0. The summed E-state index contributed by atoms with van der Waals surface area (Å²) in [6, 6.07) is 2.11. The highest BCUT2D eigenvalue weighted by Crippen LogP contribution is 2.25. The second-order valence-electron chi connectivity index (χ2n) is 3.89. The van der Waals surface area contributed by atoms with E-state index in [0.717, 1.165) is 19.4 Å². The number of halogens is 2. The minimum Gasteiger partial charge on any atom is -0.505 e. The van der Waals surface area contributed by atoms with Gasteiger partial charge in [-0.3, -0.25) is 0 Å². The van der Waals surface area contributed by atoms with Crippen molar-refractivity contribution in [1.29, 1.82) is 0 Å². The van der Waals surface area contributed by atoms with E-state index in [4.69, 9.17) is 0 Å². The number of benzene rings is 1. The molecule has 15 heavy (non-hydrogen) atoms. The average molecular weight is 213 g/mol. The Bertz CT molecular complexity index is 362. The molecule has 0 aliphatic carbocycles. The summed E-state index contributed by atoms with van der Waals surface area (Å²) in [6.07, 6.45) is 2.53. The fourth-order valence-corrected chi connectivity index (χ4v) is 1.97. The van der Waals surface area contributed by atoms with E-state index in [0.29, 0.717) is 18.1 Å².